The lowest BCUT2D eigenvalue weighted by atomic mass is 10.3. The molecule has 0 aromatic rings. The molecule has 0 saturated heterocycles. The molecule has 0 nitrogen and oxygen atoms in total. The second-order valence-electron chi connectivity index (χ2n) is 2.09. The van der Waals surface area contributed by atoms with Gasteiger partial charge in [0.25, 0.3) is 0 Å². The molecule has 0 rings (SSSR count). The van der Waals surface area contributed by atoms with Gasteiger partial charge in [0, 0.05) is 11.8 Å². The fourth-order valence-electron chi connectivity index (χ4n) is 0.344. The zero-order chi connectivity index (χ0) is 8.24. The predicted molar refractivity (Wildman–Crippen MR) is 51.3 cm³/mol. The van der Waals surface area contributed by atoms with E-state index in [-0.39, 0.29) is 0 Å². The molecule has 10 heavy (non-hydrogen) atoms. The summed E-state index contributed by atoms with van der Waals surface area (Å²) in [6, 6.07) is 0. The third-order valence-corrected chi connectivity index (χ3v) is 1.57. The van der Waals surface area contributed by atoms with Crippen molar-refractivity contribution >= 4 is 23.2 Å². The Morgan fingerprint density at radius 3 is 1.40 bits per heavy atom. The first-order valence-electron chi connectivity index (χ1n) is 3.95. The van der Waals surface area contributed by atoms with E-state index in [1.807, 2.05) is 6.92 Å². The summed E-state index contributed by atoms with van der Waals surface area (Å²) in [4.78, 5) is 0. The number of halogens is 2. The molecule has 0 aliphatic heterocycles. The van der Waals surface area contributed by atoms with E-state index >= 15 is 0 Å². The monoisotopic (exact) mass is 184 g/mol. The lowest BCUT2D eigenvalue weighted by Crippen LogP contribution is -1.70. The normalized spacial score (nSPS) is 8.40. The molecule has 0 aromatic carbocycles. The smallest absolute Gasteiger partial charge is 0.0223 e. The average molecular weight is 185 g/mol. The SMILES string of the molecule is CCCCCCl.CCCCl. The van der Waals surface area contributed by atoms with Crippen LogP contribution >= 0.6 is 23.2 Å². The highest BCUT2D eigenvalue weighted by Gasteiger charge is 1.76. The maximum absolute atomic E-state index is 5.38. The number of hydrogen-bond acceptors (Lipinski definition) is 0. The minimum absolute atomic E-state index is 0.792. The lowest BCUT2D eigenvalue weighted by Gasteiger charge is -1.84. The average Bonchev–Trinajstić information content (AvgIpc) is 2.01. The van der Waals surface area contributed by atoms with Crippen LogP contribution in [-0.4, -0.2) is 11.8 Å². The van der Waals surface area contributed by atoms with Crippen LogP contribution in [0, 0.1) is 0 Å². The Bertz CT molecular complexity index is 32.2. The molecule has 0 bridgehead atoms. The quantitative estimate of drug-likeness (QED) is 0.457. The van der Waals surface area contributed by atoms with Gasteiger partial charge in [-0.05, 0) is 12.8 Å². The number of hydrogen-bond donors (Lipinski definition) is 0. The van der Waals surface area contributed by atoms with Gasteiger partial charge < -0.3 is 0 Å². The Balaban J connectivity index is 0. The molecule has 64 valence electrons. The molecule has 0 amide bonds. The lowest BCUT2D eigenvalue weighted by molar-refractivity contribution is 0.776. The second kappa shape index (κ2) is 16.3. The zero-order valence-corrected chi connectivity index (χ0v) is 8.51. The summed E-state index contributed by atoms with van der Waals surface area (Å²) in [6.45, 7) is 4.22. The van der Waals surface area contributed by atoms with Crippen LogP contribution in [0.1, 0.15) is 39.5 Å². The van der Waals surface area contributed by atoms with E-state index in [0.717, 1.165) is 18.2 Å². The van der Waals surface area contributed by atoms with Gasteiger partial charge in [-0.1, -0.05) is 26.7 Å². The first-order valence-corrected chi connectivity index (χ1v) is 5.02. The molecule has 0 unspecified atom stereocenters. The molecular formula is C8H18Cl2. The summed E-state index contributed by atoms with van der Waals surface area (Å²) >= 11 is 10.6. The molecule has 0 N–H and O–H groups in total. The Hall–Kier alpha value is 0.580. The van der Waals surface area contributed by atoms with Crippen LogP contribution in [0.2, 0.25) is 0 Å². The van der Waals surface area contributed by atoms with E-state index in [1.165, 1.54) is 19.3 Å². The van der Waals surface area contributed by atoms with Crippen molar-refractivity contribution in [2.75, 3.05) is 11.8 Å². The van der Waals surface area contributed by atoms with E-state index in [4.69, 9.17) is 23.2 Å². The third-order valence-electron chi connectivity index (χ3n) is 0.926. The zero-order valence-electron chi connectivity index (χ0n) is 7.00. The van der Waals surface area contributed by atoms with Gasteiger partial charge in [0.2, 0.25) is 0 Å². The highest BCUT2D eigenvalue weighted by Crippen LogP contribution is 1.93. The summed E-state index contributed by atoms with van der Waals surface area (Å²) in [5.74, 6) is 1.62. The summed E-state index contributed by atoms with van der Waals surface area (Å²) < 4.78 is 0. The van der Waals surface area contributed by atoms with E-state index in [9.17, 15) is 0 Å². The summed E-state index contributed by atoms with van der Waals surface area (Å²) in [6.07, 6.45) is 4.82. The van der Waals surface area contributed by atoms with Gasteiger partial charge in [0.05, 0.1) is 0 Å². The summed E-state index contributed by atoms with van der Waals surface area (Å²) in [7, 11) is 0. The van der Waals surface area contributed by atoms with Crippen molar-refractivity contribution in [1.29, 1.82) is 0 Å². The largest absolute Gasteiger partial charge is 0.127 e. The first-order chi connectivity index (χ1) is 4.83. The van der Waals surface area contributed by atoms with Crippen molar-refractivity contribution < 1.29 is 0 Å². The van der Waals surface area contributed by atoms with Crippen LogP contribution in [0.15, 0.2) is 0 Å². The van der Waals surface area contributed by atoms with Crippen molar-refractivity contribution in [2.24, 2.45) is 0 Å². The molecule has 0 saturated carbocycles. The molecule has 2 heteroatoms. The Morgan fingerprint density at radius 1 is 0.800 bits per heavy atom. The minimum Gasteiger partial charge on any atom is -0.127 e. The van der Waals surface area contributed by atoms with E-state index in [0.29, 0.717) is 0 Å². The third kappa shape index (κ3) is 23.5. The molecular weight excluding hydrogens is 167 g/mol. The Labute approximate surface area is 74.9 Å². The van der Waals surface area contributed by atoms with Gasteiger partial charge in [-0.25, -0.2) is 0 Å². The topological polar surface area (TPSA) is 0 Å². The van der Waals surface area contributed by atoms with Gasteiger partial charge in [-0.3, -0.25) is 0 Å². The highest BCUT2D eigenvalue weighted by molar-refractivity contribution is 6.18. The van der Waals surface area contributed by atoms with Crippen molar-refractivity contribution in [3.63, 3.8) is 0 Å². The maximum atomic E-state index is 5.38. The van der Waals surface area contributed by atoms with Crippen molar-refractivity contribution in [2.45, 2.75) is 39.5 Å². The molecule has 0 heterocycles. The fourth-order valence-corrected chi connectivity index (χ4v) is 0.533. The Morgan fingerprint density at radius 2 is 1.30 bits per heavy atom. The van der Waals surface area contributed by atoms with Crippen LogP contribution in [0.3, 0.4) is 0 Å². The van der Waals surface area contributed by atoms with Gasteiger partial charge in [-0.15, -0.1) is 23.2 Å². The van der Waals surface area contributed by atoms with Crippen LogP contribution in [-0.2, 0) is 0 Å². The van der Waals surface area contributed by atoms with Crippen molar-refractivity contribution in [3.8, 4) is 0 Å². The molecule has 0 atom stereocenters. The van der Waals surface area contributed by atoms with E-state index in [1.54, 1.807) is 0 Å². The number of rotatable bonds is 4. The molecule has 0 aliphatic carbocycles. The highest BCUT2D eigenvalue weighted by atomic mass is 35.5. The molecule has 0 aromatic heterocycles. The Kier molecular flexibility index (Phi) is 21.5. The van der Waals surface area contributed by atoms with E-state index in [2.05, 4.69) is 6.92 Å². The van der Waals surface area contributed by atoms with Gasteiger partial charge in [0.1, 0.15) is 0 Å². The maximum Gasteiger partial charge on any atom is 0.0223 e. The standard InChI is InChI=1S/C5H11Cl.C3H7Cl/c1-2-3-4-5-6;1-2-3-4/h2-5H2,1H3;2-3H2,1H3. The molecule has 0 radical (unpaired) electrons. The van der Waals surface area contributed by atoms with Crippen LogP contribution in [0.5, 0.6) is 0 Å². The van der Waals surface area contributed by atoms with Crippen LogP contribution < -0.4 is 0 Å². The minimum atomic E-state index is 0.792. The van der Waals surface area contributed by atoms with E-state index < -0.39 is 0 Å². The summed E-state index contributed by atoms with van der Waals surface area (Å²) in [5.41, 5.74) is 0. The van der Waals surface area contributed by atoms with Crippen molar-refractivity contribution in [1.82, 2.24) is 0 Å². The second-order valence-corrected chi connectivity index (χ2v) is 2.84. The molecule has 0 spiro atoms. The van der Waals surface area contributed by atoms with Crippen LogP contribution in [0.25, 0.3) is 0 Å². The fraction of sp³-hybridized carbons (Fsp3) is 1.00. The van der Waals surface area contributed by atoms with Gasteiger partial charge in [-0.2, -0.15) is 0 Å². The van der Waals surface area contributed by atoms with Gasteiger partial charge in [0.15, 0.2) is 0 Å². The van der Waals surface area contributed by atoms with Gasteiger partial charge >= 0.3 is 0 Å². The first kappa shape index (κ1) is 13.2. The summed E-state index contributed by atoms with van der Waals surface area (Å²) in [5, 5.41) is 0. The molecule has 0 fully saturated rings. The van der Waals surface area contributed by atoms with Crippen LogP contribution in [0.4, 0.5) is 0 Å². The predicted octanol–water partition coefficient (Wildman–Crippen LogP) is 4.05. The molecule has 0 aliphatic rings. The van der Waals surface area contributed by atoms with Crippen molar-refractivity contribution in [3.05, 3.63) is 0 Å². The number of unbranched alkanes of at least 4 members (excludes halogenated alkanes) is 2. The number of alkyl halides is 2.